The van der Waals surface area contributed by atoms with E-state index in [1.54, 1.807) is 0 Å². The summed E-state index contributed by atoms with van der Waals surface area (Å²) in [6, 6.07) is 0. The third kappa shape index (κ3) is 47.1. The first kappa shape index (κ1) is 68.6. The number of aliphatic hydroxyl groups excluding tert-OH is 2. The first-order valence-electron chi connectivity index (χ1n) is 32.8. The summed E-state index contributed by atoms with van der Waals surface area (Å²) in [5.41, 5.74) is -1.14. The van der Waals surface area contributed by atoms with Gasteiger partial charge in [0.25, 0.3) is 0 Å². The standard InChI is InChI=1S/C66H126O6/c1-2-3-4-5-6-7-8-9-10-11-12-13-14-15-16-17-18-19-20-21-22-23-24-25-26-27-28-29-30-31-32-33-34-35-36-37-38-39-40-41-42-43-44-45-46-47-48-49-50-51-52-53-54-55-56-57-63-58-64(69)71-61-66(59-67,60-68)62-72-65(63)70/h54-55,63,67-68H,2-53,56-62H2,1H3/b55-54+. The summed E-state index contributed by atoms with van der Waals surface area (Å²) in [4.78, 5) is 24.7. The number of cyclic esters (lactones) is 2. The van der Waals surface area contributed by atoms with Crippen LogP contribution in [0.1, 0.15) is 360 Å². The smallest absolute Gasteiger partial charge is 0.309 e. The number of aliphatic hydroxyl groups is 2. The van der Waals surface area contributed by atoms with Crippen LogP contribution in [-0.4, -0.2) is 48.6 Å². The quantitative estimate of drug-likeness (QED) is 0.0358. The Hall–Kier alpha value is -1.40. The van der Waals surface area contributed by atoms with Crippen LogP contribution in [0.15, 0.2) is 12.2 Å². The topological polar surface area (TPSA) is 93.1 Å². The average molecular weight is 1020 g/mol. The fourth-order valence-corrected chi connectivity index (χ4v) is 10.9. The van der Waals surface area contributed by atoms with Crippen molar-refractivity contribution in [3.05, 3.63) is 12.2 Å². The molecule has 0 bridgehead atoms. The first-order valence-corrected chi connectivity index (χ1v) is 32.8. The molecule has 1 saturated heterocycles. The number of esters is 2. The van der Waals surface area contributed by atoms with E-state index in [2.05, 4.69) is 19.1 Å². The molecule has 1 atom stereocenters. The molecule has 1 fully saturated rings. The van der Waals surface area contributed by atoms with Gasteiger partial charge in [0, 0.05) is 0 Å². The van der Waals surface area contributed by atoms with Crippen LogP contribution in [0.3, 0.4) is 0 Å². The largest absolute Gasteiger partial charge is 0.465 e. The highest BCUT2D eigenvalue weighted by molar-refractivity contribution is 5.80. The number of allylic oxidation sites excluding steroid dienone is 2. The molecule has 0 aromatic heterocycles. The summed E-state index contributed by atoms with van der Waals surface area (Å²) in [5.74, 6) is -1.50. The van der Waals surface area contributed by atoms with Crippen LogP contribution in [0.5, 0.6) is 0 Å². The van der Waals surface area contributed by atoms with Gasteiger partial charge in [-0.1, -0.05) is 340 Å². The van der Waals surface area contributed by atoms with Gasteiger partial charge in [-0.2, -0.15) is 0 Å². The lowest BCUT2D eigenvalue weighted by atomic mass is 9.92. The molecular formula is C66H126O6. The molecule has 0 spiro atoms. The van der Waals surface area contributed by atoms with Crippen molar-refractivity contribution < 1.29 is 29.3 Å². The van der Waals surface area contributed by atoms with E-state index in [9.17, 15) is 19.8 Å². The van der Waals surface area contributed by atoms with Crippen molar-refractivity contribution in [3.63, 3.8) is 0 Å². The fraction of sp³-hybridized carbons (Fsp3) is 0.939. The van der Waals surface area contributed by atoms with Gasteiger partial charge in [-0.3, -0.25) is 9.59 Å². The molecule has 426 valence electrons. The Morgan fingerprint density at radius 2 is 0.597 bits per heavy atom. The molecule has 72 heavy (non-hydrogen) atoms. The van der Waals surface area contributed by atoms with E-state index >= 15 is 0 Å². The summed E-state index contributed by atoms with van der Waals surface area (Å²) in [6.45, 7) is 1.16. The minimum atomic E-state index is -1.14. The molecule has 6 nitrogen and oxygen atoms in total. The summed E-state index contributed by atoms with van der Waals surface area (Å²) in [7, 11) is 0. The number of unbranched alkanes of at least 4 members (excludes halogenated alkanes) is 51. The second-order valence-electron chi connectivity index (χ2n) is 23.5. The number of ether oxygens (including phenoxy) is 2. The van der Waals surface area contributed by atoms with Crippen LogP contribution in [0, 0.1) is 11.3 Å². The van der Waals surface area contributed by atoms with Crippen LogP contribution in [-0.2, 0) is 19.1 Å². The van der Waals surface area contributed by atoms with E-state index in [1.807, 2.05) is 0 Å². The van der Waals surface area contributed by atoms with Gasteiger partial charge in [-0.25, -0.2) is 0 Å². The van der Waals surface area contributed by atoms with Crippen molar-refractivity contribution >= 4 is 11.9 Å². The maximum Gasteiger partial charge on any atom is 0.309 e. The van der Waals surface area contributed by atoms with Crippen molar-refractivity contribution in [2.45, 2.75) is 360 Å². The van der Waals surface area contributed by atoms with Crippen LogP contribution in [0.2, 0.25) is 0 Å². The molecule has 1 aliphatic rings. The zero-order valence-electron chi connectivity index (χ0n) is 48.5. The Morgan fingerprint density at radius 3 is 0.861 bits per heavy atom. The highest BCUT2D eigenvalue weighted by Gasteiger charge is 2.36. The Kier molecular flexibility index (Phi) is 53.2. The van der Waals surface area contributed by atoms with Gasteiger partial charge in [-0.15, -0.1) is 0 Å². The lowest BCUT2D eigenvalue weighted by molar-refractivity contribution is -0.154. The second-order valence-corrected chi connectivity index (χ2v) is 23.5. The summed E-state index contributed by atoms with van der Waals surface area (Å²) >= 11 is 0. The predicted octanol–water partition coefficient (Wildman–Crippen LogP) is 20.7. The summed E-state index contributed by atoms with van der Waals surface area (Å²) < 4.78 is 10.6. The Bertz CT molecular complexity index is 1130. The molecule has 2 N–H and O–H groups in total. The van der Waals surface area contributed by atoms with Gasteiger partial charge in [0.2, 0.25) is 0 Å². The maximum absolute atomic E-state index is 12.5. The van der Waals surface area contributed by atoms with Crippen molar-refractivity contribution in [1.29, 1.82) is 0 Å². The molecular weight excluding hydrogens is 889 g/mol. The summed E-state index contributed by atoms with van der Waals surface area (Å²) in [5, 5.41) is 19.2. The van der Waals surface area contributed by atoms with E-state index in [-0.39, 0.29) is 19.6 Å². The minimum Gasteiger partial charge on any atom is -0.465 e. The van der Waals surface area contributed by atoms with Gasteiger partial charge in [0.1, 0.15) is 13.2 Å². The second kappa shape index (κ2) is 55.8. The van der Waals surface area contributed by atoms with E-state index in [0.29, 0.717) is 12.8 Å². The number of rotatable bonds is 57. The van der Waals surface area contributed by atoms with Gasteiger partial charge < -0.3 is 19.7 Å². The Labute approximate surface area is 449 Å². The Morgan fingerprint density at radius 1 is 0.361 bits per heavy atom. The third-order valence-electron chi connectivity index (χ3n) is 16.3. The fourth-order valence-electron chi connectivity index (χ4n) is 10.9. The number of carbonyl (C=O) groups excluding carboxylic acids is 2. The first-order chi connectivity index (χ1) is 35.6. The molecule has 0 aliphatic carbocycles. The van der Waals surface area contributed by atoms with Gasteiger partial charge >= 0.3 is 11.9 Å². The molecule has 0 aromatic rings. The van der Waals surface area contributed by atoms with Crippen LogP contribution in [0.25, 0.3) is 0 Å². The van der Waals surface area contributed by atoms with E-state index in [1.165, 1.54) is 327 Å². The van der Waals surface area contributed by atoms with Crippen molar-refractivity contribution in [2.75, 3.05) is 26.4 Å². The molecule has 0 aromatic carbocycles. The van der Waals surface area contributed by atoms with Crippen LogP contribution in [0.4, 0.5) is 0 Å². The molecule has 6 heteroatoms. The van der Waals surface area contributed by atoms with Crippen molar-refractivity contribution in [1.82, 2.24) is 0 Å². The predicted molar refractivity (Wildman–Crippen MR) is 311 cm³/mol. The lowest BCUT2D eigenvalue weighted by Crippen LogP contribution is -2.40. The van der Waals surface area contributed by atoms with Crippen molar-refractivity contribution in [2.24, 2.45) is 11.3 Å². The maximum atomic E-state index is 12.5. The molecule has 0 radical (unpaired) electrons. The van der Waals surface area contributed by atoms with E-state index < -0.39 is 36.5 Å². The van der Waals surface area contributed by atoms with Crippen LogP contribution < -0.4 is 0 Å². The zero-order valence-corrected chi connectivity index (χ0v) is 48.5. The highest BCUT2D eigenvalue weighted by Crippen LogP contribution is 2.25. The molecule has 1 aliphatic heterocycles. The molecule has 0 amide bonds. The monoisotopic (exact) mass is 1010 g/mol. The number of carbonyl (C=O) groups is 2. The summed E-state index contributed by atoms with van der Waals surface area (Å²) in [6.07, 6.45) is 80.4. The minimum absolute atomic E-state index is 0.0283. The van der Waals surface area contributed by atoms with E-state index in [0.717, 1.165) is 6.42 Å². The van der Waals surface area contributed by atoms with Gasteiger partial charge in [0.05, 0.1) is 31.0 Å². The number of hydrogen-bond donors (Lipinski definition) is 2. The molecule has 0 saturated carbocycles. The van der Waals surface area contributed by atoms with Crippen molar-refractivity contribution in [3.8, 4) is 0 Å². The zero-order chi connectivity index (χ0) is 51.8. The average Bonchev–Trinajstić information content (AvgIpc) is 3.45. The normalized spacial score (nSPS) is 15.2. The Balaban J connectivity index is 1.68. The van der Waals surface area contributed by atoms with E-state index in [4.69, 9.17) is 9.47 Å². The lowest BCUT2D eigenvalue weighted by Gasteiger charge is -2.27. The van der Waals surface area contributed by atoms with Gasteiger partial charge in [0.15, 0.2) is 0 Å². The van der Waals surface area contributed by atoms with Gasteiger partial charge in [-0.05, 0) is 25.7 Å². The SMILES string of the molecule is CCCCCCCCCCCCCCCCCCCCCCCCCCCCCCCCCCCCCCCCCCCCCCCCCCCCC/C=C/CCC1CC(=O)OCC(CO)(CO)COC1=O. The molecule has 1 rings (SSSR count). The molecule has 1 heterocycles. The molecule has 1 unspecified atom stereocenters. The third-order valence-corrected chi connectivity index (χ3v) is 16.3. The number of hydrogen-bond acceptors (Lipinski definition) is 6. The van der Waals surface area contributed by atoms with Crippen LogP contribution >= 0.6 is 0 Å². The highest BCUT2D eigenvalue weighted by atomic mass is 16.6.